The Kier molecular flexibility index (Phi) is 6.09. The zero-order valence-electron chi connectivity index (χ0n) is 11.4. The molecule has 0 atom stereocenters. The van der Waals surface area contributed by atoms with Gasteiger partial charge in [0.15, 0.2) is 10.9 Å². The van der Waals surface area contributed by atoms with Gasteiger partial charge in [-0.3, -0.25) is 4.79 Å². The van der Waals surface area contributed by atoms with Gasteiger partial charge in [0.1, 0.15) is 5.69 Å². The lowest BCUT2D eigenvalue weighted by atomic mass is 10.1. The molecule has 1 heterocycles. The molecule has 0 unspecified atom stereocenters. The summed E-state index contributed by atoms with van der Waals surface area (Å²) < 4.78 is 0. The summed E-state index contributed by atoms with van der Waals surface area (Å²) in [6, 6.07) is 0. The first-order valence-electron chi connectivity index (χ1n) is 6.23. The summed E-state index contributed by atoms with van der Waals surface area (Å²) in [6.45, 7) is 10.7. The molecule has 0 bridgehead atoms. The Morgan fingerprint density at radius 1 is 1.33 bits per heavy atom. The van der Waals surface area contributed by atoms with E-state index in [0.717, 1.165) is 18.2 Å². The number of aromatic nitrogens is 1. The van der Waals surface area contributed by atoms with Gasteiger partial charge in [0, 0.05) is 18.5 Å². The molecule has 18 heavy (non-hydrogen) atoms. The van der Waals surface area contributed by atoms with E-state index in [1.54, 1.807) is 5.38 Å². The zero-order valence-corrected chi connectivity index (χ0v) is 13.0. The van der Waals surface area contributed by atoms with Crippen LogP contribution in [-0.4, -0.2) is 29.7 Å². The van der Waals surface area contributed by atoms with Gasteiger partial charge in [-0.05, 0) is 11.8 Å². The van der Waals surface area contributed by atoms with Crippen molar-refractivity contribution in [2.75, 3.05) is 23.9 Å². The van der Waals surface area contributed by atoms with Crippen LogP contribution in [0.25, 0.3) is 0 Å². The first-order chi connectivity index (χ1) is 8.43. The zero-order chi connectivity index (χ0) is 13.7. The number of alkyl halides is 1. The third-order valence-corrected chi connectivity index (χ3v) is 3.48. The highest BCUT2D eigenvalue weighted by Gasteiger charge is 2.16. The summed E-state index contributed by atoms with van der Waals surface area (Å²) in [4.78, 5) is 18.1. The molecule has 0 fully saturated rings. The highest BCUT2D eigenvalue weighted by Crippen LogP contribution is 2.23. The number of Topliss-reactive ketones (excluding diaryl/α,β-unsaturated/α-hetero) is 1. The molecule has 0 radical (unpaired) electrons. The highest BCUT2D eigenvalue weighted by atomic mass is 35.5. The molecule has 3 nitrogen and oxygen atoms in total. The van der Waals surface area contributed by atoms with Crippen molar-refractivity contribution in [2.45, 2.75) is 27.7 Å². The molecular formula is C13H21ClN2OS. The summed E-state index contributed by atoms with van der Waals surface area (Å²) in [6.07, 6.45) is 0. The van der Waals surface area contributed by atoms with Crippen molar-refractivity contribution in [3.63, 3.8) is 0 Å². The van der Waals surface area contributed by atoms with E-state index in [2.05, 4.69) is 37.6 Å². The fourth-order valence-corrected chi connectivity index (χ4v) is 2.71. The molecule has 1 aromatic rings. The Labute approximate surface area is 118 Å². The van der Waals surface area contributed by atoms with Gasteiger partial charge in [-0.15, -0.1) is 22.9 Å². The van der Waals surface area contributed by atoms with E-state index in [4.69, 9.17) is 11.6 Å². The SMILES string of the molecule is CC(C)CN(CC(C)C)c1nc(C(=O)CCl)cs1. The number of hydrogen-bond acceptors (Lipinski definition) is 4. The molecule has 102 valence electrons. The molecule has 0 aliphatic carbocycles. The first kappa shape index (κ1) is 15.4. The maximum Gasteiger partial charge on any atom is 0.196 e. The summed E-state index contributed by atoms with van der Waals surface area (Å²) in [5.41, 5.74) is 0.488. The summed E-state index contributed by atoms with van der Waals surface area (Å²) in [7, 11) is 0. The van der Waals surface area contributed by atoms with Gasteiger partial charge in [0.25, 0.3) is 0 Å². The van der Waals surface area contributed by atoms with Gasteiger partial charge in [0.05, 0.1) is 5.88 Å². The van der Waals surface area contributed by atoms with Crippen molar-refractivity contribution in [3.05, 3.63) is 11.1 Å². The smallest absolute Gasteiger partial charge is 0.196 e. The summed E-state index contributed by atoms with van der Waals surface area (Å²) in [5.74, 6) is 1.03. The van der Waals surface area contributed by atoms with Crippen LogP contribution in [0.2, 0.25) is 0 Å². The van der Waals surface area contributed by atoms with E-state index >= 15 is 0 Å². The van der Waals surface area contributed by atoms with E-state index < -0.39 is 0 Å². The summed E-state index contributed by atoms with van der Waals surface area (Å²) in [5, 5.41) is 2.72. The maximum absolute atomic E-state index is 11.5. The molecular weight excluding hydrogens is 268 g/mol. The monoisotopic (exact) mass is 288 g/mol. The highest BCUT2D eigenvalue weighted by molar-refractivity contribution is 7.14. The predicted molar refractivity (Wildman–Crippen MR) is 79.1 cm³/mol. The lowest BCUT2D eigenvalue weighted by molar-refractivity contribution is 0.101. The second kappa shape index (κ2) is 7.10. The maximum atomic E-state index is 11.5. The molecule has 0 N–H and O–H groups in total. The standard InChI is InChI=1S/C13H21ClN2OS/c1-9(2)6-16(7-10(3)4)13-15-11(8-18-13)12(17)5-14/h8-10H,5-7H2,1-4H3. The van der Waals surface area contributed by atoms with Crippen molar-refractivity contribution in [2.24, 2.45) is 11.8 Å². The van der Waals surface area contributed by atoms with Gasteiger partial charge in [-0.25, -0.2) is 4.98 Å². The normalized spacial score (nSPS) is 11.3. The van der Waals surface area contributed by atoms with Crippen LogP contribution in [0.5, 0.6) is 0 Å². The molecule has 1 rings (SSSR count). The second-order valence-electron chi connectivity index (χ2n) is 5.26. The number of carbonyl (C=O) groups excluding carboxylic acids is 1. The van der Waals surface area contributed by atoms with Crippen LogP contribution in [0, 0.1) is 11.8 Å². The van der Waals surface area contributed by atoms with E-state index in [-0.39, 0.29) is 11.7 Å². The lowest BCUT2D eigenvalue weighted by Gasteiger charge is -2.25. The number of hydrogen-bond donors (Lipinski definition) is 0. The number of halogens is 1. The number of carbonyl (C=O) groups is 1. The minimum Gasteiger partial charge on any atom is -0.348 e. The predicted octanol–water partition coefficient (Wildman–Crippen LogP) is 3.68. The third-order valence-electron chi connectivity index (χ3n) is 2.34. The average molecular weight is 289 g/mol. The van der Waals surface area contributed by atoms with Crippen LogP contribution >= 0.6 is 22.9 Å². The largest absolute Gasteiger partial charge is 0.348 e. The van der Waals surface area contributed by atoms with Gasteiger partial charge >= 0.3 is 0 Å². The molecule has 0 aliphatic rings. The number of thiazole rings is 1. The van der Waals surface area contributed by atoms with Crippen molar-refractivity contribution in [1.29, 1.82) is 0 Å². The molecule has 0 amide bonds. The van der Waals surface area contributed by atoms with E-state index in [0.29, 0.717) is 17.5 Å². The molecule has 0 aliphatic heterocycles. The Balaban J connectivity index is 2.84. The van der Waals surface area contributed by atoms with Crippen LogP contribution < -0.4 is 4.90 Å². The molecule has 0 spiro atoms. The molecule has 0 saturated heterocycles. The van der Waals surface area contributed by atoms with Crippen molar-refractivity contribution < 1.29 is 4.79 Å². The summed E-state index contributed by atoms with van der Waals surface area (Å²) >= 11 is 7.07. The fraction of sp³-hybridized carbons (Fsp3) is 0.692. The Morgan fingerprint density at radius 2 is 1.89 bits per heavy atom. The molecule has 0 aromatic carbocycles. The Morgan fingerprint density at radius 3 is 2.33 bits per heavy atom. The molecule has 1 aromatic heterocycles. The first-order valence-corrected chi connectivity index (χ1v) is 7.65. The minimum atomic E-state index is -0.104. The van der Waals surface area contributed by atoms with E-state index in [9.17, 15) is 4.79 Å². The van der Waals surface area contributed by atoms with Gasteiger partial charge in [0.2, 0.25) is 0 Å². The topological polar surface area (TPSA) is 33.2 Å². The van der Waals surface area contributed by atoms with Crippen LogP contribution in [-0.2, 0) is 0 Å². The van der Waals surface area contributed by atoms with Crippen LogP contribution in [0.15, 0.2) is 5.38 Å². The van der Waals surface area contributed by atoms with Gasteiger partial charge in [-0.1, -0.05) is 27.7 Å². The Hall–Kier alpha value is -0.610. The number of ketones is 1. The van der Waals surface area contributed by atoms with Crippen molar-refractivity contribution >= 4 is 33.9 Å². The quantitative estimate of drug-likeness (QED) is 0.567. The van der Waals surface area contributed by atoms with Gasteiger partial charge in [-0.2, -0.15) is 0 Å². The molecule has 0 saturated carbocycles. The van der Waals surface area contributed by atoms with Gasteiger partial charge < -0.3 is 4.90 Å². The number of rotatable bonds is 7. The number of anilines is 1. The molecule has 5 heteroatoms. The number of nitrogens with zero attached hydrogens (tertiary/aromatic N) is 2. The Bertz CT molecular complexity index is 380. The van der Waals surface area contributed by atoms with Crippen molar-refractivity contribution in [3.8, 4) is 0 Å². The van der Waals surface area contributed by atoms with Crippen molar-refractivity contribution in [1.82, 2.24) is 4.98 Å². The minimum absolute atomic E-state index is 0.00245. The fourth-order valence-electron chi connectivity index (χ4n) is 1.72. The lowest BCUT2D eigenvalue weighted by Crippen LogP contribution is -2.31. The van der Waals surface area contributed by atoms with E-state index in [1.807, 2.05) is 0 Å². The second-order valence-corrected chi connectivity index (χ2v) is 6.37. The van der Waals surface area contributed by atoms with Crippen LogP contribution in [0.4, 0.5) is 5.13 Å². The third kappa shape index (κ3) is 4.58. The average Bonchev–Trinajstić information content (AvgIpc) is 2.75. The van der Waals surface area contributed by atoms with E-state index in [1.165, 1.54) is 11.3 Å². The van der Waals surface area contributed by atoms with Crippen LogP contribution in [0.1, 0.15) is 38.2 Å². The van der Waals surface area contributed by atoms with Crippen LogP contribution in [0.3, 0.4) is 0 Å².